The molecule has 21 heavy (non-hydrogen) atoms. The van der Waals surface area contributed by atoms with Crippen LogP contribution in [-0.4, -0.2) is 39.4 Å². The van der Waals surface area contributed by atoms with Crippen molar-refractivity contribution in [2.75, 3.05) is 13.8 Å². The molecule has 1 aromatic carbocycles. The summed E-state index contributed by atoms with van der Waals surface area (Å²) in [5, 5.41) is 3.98. The van der Waals surface area contributed by atoms with Crippen molar-refractivity contribution >= 4 is 5.91 Å². The molecule has 1 aliphatic heterocycles. The summed E-state index contributed by atoms with van der Waals surface area (Å²) in [5.74, 6) is 1.54. The van der Waals surface area contributed by atoms with Crippen LogP contribution in [0.5, 0.6) is 11.5 Å². The van der Waals surface area contributed by atoms with E-state index < -0.39 is 0 Å². The van der Waals surface area contributed by atoms with E-state index in [0.717, 1.165) is 17.1 Å². The zero-order chi connectivity index (χ0) is 14.7. The van der Waals surface area contributed by atoms with Crippen molar-refractivity contribution in [2.45, 2.75) is 19.5 Å². The molecule has 1 amide bonds. The lowest BCUT2D eigenvalue weighted by Crippen LogP contribution is -2.27. The number of nitrogens with zero attached hydrogens (tertiary/aromatic N) is 4. The molecule has 7 heteroatoms. The highest BCUT2D eigenvalue weighted by Gasteiger charge is 2.15. The predicted molar refractivity (Wildman–Crippen MR) is 73.7 cm³/mol. The molecule has 1 aromatic heterocycles. The first-order valence-corrected chi connectivity index (χ1v) is 6.67. The number of amides is 1. The Morgan fingerprint density at radius 2 is 2.24 bits per heavy atom. The Labute approximate surface area is 122 Å². The van der Waals surface area contributed by atoms with Crippen LogP contribution in [0.3, 0.4) is 0 Å². The van der Waals surface area contributed by atoms with Gasteiger partial charge in [0.1, 0.15) is 12.7 Å². The fraction of sp³-hybridized carbons (Fsp3) is 0.357. The Morgan fingerprint density at radius 3 is 3.05 bits per heavy atom. The van der Waals surface area contributed by atoms with Gasteiger partial charge in [0.25, 0.3) is 0 Å². The zero-order valence-electron chi connectivity index (χ0n) is 11.7. The molecule has 0 spiro atoms. The van der Waals surface area contributed by atoms with Crippen molar-refractivity contribution in [1.29, 1.82) is 0 Å². The first kappa shape index (κ1) is 13.4. The molecule has 0 saturated carbocycles. The number of fused-ring (bicyclic) bond motifs is 1. The summed E-state index contributed by atoms with van der Waals surface area (Å²) < 4.78 is 12.2. The molecular weight excluding hydrogens is 272 g/mol. The summed E-state index contributed by atoms with van der Waals surface area (Å²) in [7, 11) is 1.79. The maximum atomic E-state index is 12.1. The number of carbonyl (C=O) groups is 1. The number of aromatic nitrogens is 3. The number of rotatable bonds is 5. The smallest absolute Gasteiger partial charge is 0.231 e. The van der Waals surface area contributed by atoms with Crippen LogP contribution in [-0.2, 0) is 17.9 Å². The summed E-state index contributed by atoms with van der Waals surface area (Å²) in [6, 6.07) is 5.71. The first-order chi connectivity index (χ1) is 10.2. The minimum absolute atomic E-state index is 0.0585. The molecule has 0 unspecified atom stereocenters. The molecule has 2 aromatic rings. The minimum Gasteiger partial charge on any atom is -0.454 e. The van der Waals surface area contributed by atoms with Crippen molar-refractivity contribution in [1.82, 2.24) is 19.7 Å². The summed E-state index contributed by atoms with van der Waals surface area (Å²) >= 11 is 0. The summed E-state index contributed by atoms with van der Waals surface area (Å²) in [6.07, 6.45) is 3.45. The van der Waals surface area contributed by atoms with Crippen LogP contribution >= 0.6 is 0 Å². The van der Waals surface area contributed by atoms with E-state index in [4.69, 9.17) is 9.47 Å². The lowest BCUT2D eigenvalue weighted by molar-refractivity contribution is -0.130. The lowest BCUT2D eigenvalue weighted by atomic mass is 10.2. The van der Waals surface area contributed by atoms with Gasteiger partial charge < -0.3 is 14.4 Å². The minimum atomic E-state index is 0.0585. The van der Waals surface area contributed by atoms with Gasteiger partial charge in [-0.15, -0.1) is 0 Å². The van der Waals surface area contributed by atoms with Gasteiger partial charge in [-0.05, 0) is 17.7 Å². The average Bonchev–Trinajstić information content (AvgIpc) is 3.15. The number of ether oxygens (including phenoxy) is 2. The second-order valence-corrected chi connectivity index (χ2v) is 4.85. The molecule has 110 valence electrons. The van der Waals surface area contributed by atoms with E-state index >= 15 is 0 Å². The van der Waals surface area contributed by atoms with E-state index in [-0.39, 0.29) is 12.7 Å². The van der Waals surface area contributed by atoms with Crippen LogP contribution < -0.4 is 9.47 Å². The molecule has 0 radical (unpaired) electrons. The van der Waals surface area contributed by atoms with Gasteiger partial charge in [-0.25, -0.2) is 4.98 Å². The fourth-order valence-electron chi connectivity index (χ4n) is 2.15. The first-order valence-electron chi connectivity index (χ1n) is 6.67. The third kappa shape index (κ3) is 3.13. The number of carbonyl (C=O) groups excluding carboxylic acids is 1. The monoisotopic (exact) mass is 288 g/mol. The van der Waals surface area contributed by atoms with Gasteiger partial charge in [-0.1, -0.05) is 6.07 Å². The van der Waals surface area contributed by atoms with Crippen molar-refractivity contribution in [2.24, 2.45) is 0 Å². The molecule has 7 nitrogen and oxygen atoms in total. The van der Waals surface area contributed by atoms with E-state index in [1.54, 1.807) is 23.0 Å². The topological polar surface area (TPSA) is 69.5 Å². The Morgan fingerprint density at radius 1 is 1.38 bits per heavy atom. The Bertz CT molecular complexity index is 627. The van der Waals surface area contributed by atoms with E-state index in [1.165, 1.54) is 6.33 Å². The van der Waals surface area contributed by atoms with Crippen LogP contribution in [0, 0.1) is 0 Å². The number of hydrogen-bond donors (Lipinski definition) is 0. The molecular formula is C14H16N4O3. The average molecular weight is 288 g/mol. The lowest BCUT2D eigenvalue weighted by Gasteiger charge is -2.17. The Hall–Kier alpha value is -2.57. The van der Waals surface area contributed by atoms with Crippen molar-refractivity contribution in [3.05, 3.63) is 36.4 Å². The number of aryl methyl sites for hydroxylation is 1. The third-order valence-electron chi connectivity index (χ3n) is 3.30. The van der Waals surface area contributed by atoms with Gasteiger partial charge in [0.15, 0.2) is 11.5 Å². The normalized spacial score (nSPS) is 12.4. The quantitative estimate of drug-likeness (QED) is 0.822. The predicted octanol–water partition coefficient (Wildman–Crippen LogP) is 1.06. The Kier molecular flexibility index (Phi) is 3.72. The summed E-state index contributed by atoms with van der Waals surface area (Å²) in [6.45, 7) is 1.32. The van der Waals surface area contributed by atoms with Crippen molar-refractivity contribution < 1.29 is 14.3 Å². The highest BCUT2D eigenvalue weighted by atomic mass is 16.7. The van der Waals surface area contributed by atoms with Gasteiger partial charge in [0, 0.05) is 20.0 Å². The van der Waals surface area contributed by atoms with Gasteiger partial charge in [-0.2, -0.15) is 5.10 Å². The van der Waals surface area contributed by atoms with Crippen LogP contribution in [0.1, 0.15) is 12.0 Å². The van der Waals surface area contributed by atoms with Gasteiger partial charge >= 0.3 is 0 Å². The van der Waals surface area contributed by atoms with Crippen LogP contribution in [0.2, 0.25) is 0 Å². The van der Waals surface area contributed by atoms with Crippen molar-refractivity contribution in [3.8, 4) is 11.5 Å². The van der Waals surface area contributed by atoms with E-state index in [1.807, 2.05) is 18.2 Å². The Balaban J connectivity index is 1.55. The molecule has 0 aliphatic carbocycles. The molecule has 0 fully saturated rings. The van der Waals surface area contributed by atoms with Crippen LogP contribution in [0.15, 0.2) is 30.9 Å². The zero-order valence-corrected chi connectivity index (χ0v) is 11.7. The highest BCUT2D eigenvalue weighted by Crippen LogP contribution is 2.32. The highest BCUT2D eigenvalue weighted by molar-refractivity contribution is 5.75. The van der Waals surface area contributed by atoms with Gasteiger partial charge in [0.05, 0.1) is 6.54 Å². The standard InChI is InChI=1S/C14H16N4O3/c1-17(14(19)4-5-18-9-15-8-16-18)7-11-2-3-12-13(6-11)21-10-20-12/h2-3,6,8-9H,4-5,7,10H2,1H3. The fourth-order valence-corrected chi connectivity index (χ4v) is 2.15. The third-order valence-corrected chi connectivity index (χ3v) is 3.30. The molecule has 1 aliphatic rings. The second-order valence-electron chi connectivity index (χ2n) is 4.85. The molecule has 0 N–H and O–H groups in total. The van der Waals surface area contributed by atoms with Crippen LogP contribution in [0.4, 0.5) is 0 Å². The van der Waals surface area contributed by atoms with E-state index in [0.29, 0.717) is 19.5 Å². The van der Waals surface area contributed by atoms with E-state index in [9.17, 15) is 4.79 Å². The second kappa shape index (κ2) is 5.82. The van der Waals surface area contributed by atoms with Crippen molar-refractivity contribution in [3.63, 3.8) is 0 Å². The van der Waals surface area contributed by atoms with Crippen LogP contribution in [0.25, 0.3) is 0 Å². The number of benzene rings is 1. The largest absolute Gasteiger partial charge is 0.454 e. The maximum Gasteiger partial charge on any atom is 0.231 e. The molecule has 0 saturated heterocycles. The van der Waals surface area contributed by atoms with E-state index in [2.05, 4.69) is 10.1 Å². The molecule has 3 rings (SSSR count). The molecule has 2 heterocycles. The molecule has 0 bridgehead atoms. The molecule has 0 atom stereocenters. The summed E-state index contributed by atoms with van der Waals surface area (Å²) in [5.41, 5.74) is 1.01. The van der Waals surface area contributed by atoms with Gasteiger partial charge in [0.2, 0.25) is 12.7 Å². The number of hydrogen-bond acceptors (Lipinski definition) is 5. The SMILES string of the molecule is CN(Cc1ccc2c(c1)OCO2)C(=O)CCn1cncn1. The summed E-state index contributed by atoms with van der Waals surface area (Å²) in [4.78, 5) is 17.6. The maximum absolute atomic E-state index is 12.1. The van der Waals surface area contributed by atoms with Gasteiger partial charge in [-0.3, -0.25) is 9.48 Å².